The minimum atomic E-state index is -0.0805. The number of methoxy groups -OCH3 is 1. The second-order valence-corrected chi connectivity index (χ2v) is 5.48. The van der Waals surface area contributed by atoms with Gasteiger partial charge in [0.2, 0.25) is 0 Å². The van der Waals surface area contributed by atoms with Crippen molar-refractivity contribution in [2.45, 2.75) is 6.54 Å². The van der Waals surface area contributed by atoms with Crippen LogP contribution in [-0.4, -0.2) is 34.7 Å². The highest BCUT2D eigenvalue weighted by Gasteiger charge is 2.16. The molecule has 0 radical (unpaired) electrons. The summed E-state index contributed by atoms with van der Waals surface area (Å²) in [6, 6.07) is 17.4. The Labute approximate surface area is 141 Å². The molecule has 0 N–H and O–H groups in total. The molecule has 1 aromatic heterocycles. The Hall–Kier alpha value is -3.08. The van der Waals surface area contributed by atoms with Crippen LogP contribution in [0, 0.1) is 0 Å². The quantitative estimate of drug-likeness (QED) is 0.725. The lowest BCUT2D eigenvalue weighted by molar-refractivity contribution is 0.0784. The molecule has 24 heavy (non-hydrogen) atoms. The van der Waals surface area contributed by atoms with Crippen LogP contribution in [0.2, 0.25) is 0 Å². The molecule has 5 heteroatoms. The van der Waals surface area contributed by atoms with Gasteiger partial charge < -0.3 is 9.64 Å². The molecule has 0 unspecified atom stereocenters. The van der Waals surface area contributed by atoms with Crippen LogP contribution in [0.4, 0.5) is 0 Å². The van der Waals surface area contributed by atoms with Gasteiger partial charge in [-0.3, -0.25) is 4.79 Å². The highest BCUT2D eigenvalue weighted by atomic mass is 16.5. The van der Waals surface area contributed by atoms with E-state index in [0.29, 0.717) is 12.1 Å². The minimum absolute atomic E-state index is 0.0805. The van der Waals surface area contributed by atoms with Crippen molar-refractivity contribution in [1.29, 1.82) is 0 Å². The second-order valence-electron chi connectivity index (χ2n) is 5.48. The zero-order valence-corrected chi connectivity index (χ0v) is 13.7. The van der Waals surface area contributed by atoms with Crippen molar-refractivity contribution in [3.63, 3.8) is 0 Å². The molecule has 3 aromatic rings. The van der Waals surface area contributed by atoms with Crippen LogP contribution >= 0.6 is 0 Å². The first kappa shape index (κ1) is 15.8. The summed E-state index contributed by atoms with van der Waals surface area (Å²) in [5.74, 6) is 0.695. The zero-order chi connectivity index (χ0) is 16.9. The molecule has 0 spiro atoms. The third-order valence-corrected chi connectivity index (χ3v) is 3.80. The standard InChI is InChI=1S/C19H19N3O2/c1-21(13-15-8-6-7-11-18(15)24-2)19(23)16-12-20-22(14-16)17-9-4-3-5-10-17/h3-12,14H,13H2,1-2H3. The fourth-order valence-corrected chi connectivity index (χ4v) is 2.54. The molecule has 1 heterocycles. The van der Waals surface area contributed by atoms with Gasteiger partial charge in [0, 0.05) is 25.4 Å². The first-order valence-electron chi connectivity index (χ1n) is 7.66. The van der Waals surface area contributed by atoms with Crippen molar-refractivity contribution in [3.05, 3.63) is 78.1 Å². The average molecular weight is 321 g/mol. The van der Waals surface area contributed by atoms with Gasteiger partial charge in [0.05, 0.1) is 24.6 Å². The van der Waals surface area contributed by atoms with Gasteiger partial charge in [-0.25, -0.2) is 4.68 Å². The number of carbonyl (C=O) groups excluding carboxylic acids is 1. The Bertz CT molecular complexity index is 827. The third-order valence-electron chi connectivity index (χ3n) is 3.80. The van der Waals surface area contributed by atoms with Crippen molar-refractivity contribution in [3.8, 4) is 11.4 Å². The predicted octanol–water partition coefficient (Wildman–Crippen LogP) is 3.15. The Morgan fingerprint density at radius 2 is 1.83 bits per heavy atom. The highest BCUT2D eigenvalue weighted by Crippen LogP contribution is 2.19. The molecule has 0 atom stereocenters. The van der Waals surface area contributed by atoms with Gasteiger partial charge in [-0.05, 0) is 18.2 Å². The summed E-state index contributed by atoms with van der Waals surface area (Å²) in [6.07, 6.45) is 3.34. The predicted molar refractivity (Wildman–Crippen MR) is 92.4 cm³/mol. The van der Waals surface area contributed by atoms with E-state index in [1.54, 1.807) is 36.1 Å². The molecule has 3 rings (SSSR count). The Morgan fingerprint density at radius 1 is 1.12 bits per heavy atom. The molecule has 122 valence electrons. The van der Waals surface area contributed by atoms with E-state index in [-0.39, 0.29) is 5.91 Å². The molecular weight excluding hydrogens is 302 g/mol. The summed E-state index contributed by atoms with van der Waals surface area (Å²) in [5, 5.41) is 4.28. The van der Waals surface area contributed by atoms with Crippen molar-refractivity contribution >= 4 is 5.91 Å². The molecule has 5 nitrogen and oxygen atoms in total. The first-order chi connectivity index (χ1) is 11.7. The van der Waals surface area contributed by atoms with Crippen LogP contribution in [0.1, 0.15) is 15.9 Å². The molecular formula is C19H19N3O2. The monoisotopic (exact) mass is 321 g/mol. The maximum Gasteiger partial charge on any atom is 0.257 e. The van der Waals surface area contributed by atoms with Gasteiger partial charge in [0.15, 0.2) is 0 Å². The highest BCUT2D eigenvalue weighted by molar-refractivity contribution is 5.93. The third kappa shape index (κ3) is 3.30. The van der Waals surface area contributed by atoms with E-state index in [1.165, 1.54) is 0 Å². The fraction of sp³-hybridized carbons (Fsp3) is 0.158. The average Bonchev–Trinajstić information content (AvgIpc) is 3.12. The number of ether oxygens (including phenoxy) is 1. The van der Waals surface area contributed by atoms with Gasteiger partial charge in [-0.15, -0.1) is 0 Å². The number of rotatable bonds is 5. The number of amides is 1. The SMILES string of the molecule is COc1ccccc1CN(C)C(=O)c1cnn(-c2ccccc2)c1. The molecule has 0 saturated carbocycles. The van der Waals surface area contributed by atoms with Crippen molar-refractivity contribution in [1.82, 2.24) is 14.7 Å². The molecule has 1 amide bonds. The lowest BCUT2D eigenvalue weighted by Gasteiger charge is -2.18. The number of hydrogen-bond donors (Lipinski definition) is 0. The second kappa shape index (κ2) is 7.00. The van der Waals surface area contributed by atoms with Crippen molar-refractivity contribution in [2.75, 3.05) is 14.2 Å². The summed E-state index contributed by atoms with van der Waals surface area (Å²) in [7, 11) is 3.40. The number of aromatic nitrogens is 2. The number of para-hydroxylation sites is 2. The molecule has 0 bridgehead atoms. The van der Waals surface area contributed by atoms with E-state index in [2.05, 4.69) is 5.10 Å². The van der Waals surface area contributed by atoms with Gasteiger partial charge in [-0.2, -0.15) is 5.10 Å². The summed E-state index contributed by atoms with van der Waals surface area (Å²) in [5.41, 5.74) is 2.44. The largest absolute Gasteiger partial charge is 0.496 e. The molecule has 0 aliphatic carbocycles. The lowest BCUT2D eigenvalue weighted by Crippen LogP contribution is -2.26. The molecule has 2 aromatic carbocycles. The Balaban J connectivity index is 1.76. The van der Waals surface area contributed by atoms with Gasteiger partial charge >= 0.3 is 0 Å². The van der Waals surface area contributed by atoms with Gasteiger partial charge in [0.25, 0.3) is 5.91 Å². The molecule has 0 aliphatic heterocycles. The van der Waals surface area contributed by atoms with E-state index in [4.69, 9.17) is 4.74 Å². The molecule has 0 fully saturated rings. The fourth-order valence-electron chi connectivity index (χ4n) is 2.54. The van der Waals surface area contributed by atoms with Crippen LogP contribution in [-0.2, 0) is 6.54 Å². The molecule has 0 aliphatic rings. The Kier molecular flexibility index (Phi) is 4.61. The maximum atomic E-state index is 12.6. The normalized spacial score (nSPS) is 10.4. The molecule has 0 saturated heterocycles. The topological polar surface area (TPSA) is 47.4 Å². The van der Waals surface area contributed by atoms with Gasteiger partial charge in [-0.1, -0.05) is 36.4 Å². The summed E-state index contributed by atoms with van der Waals surface area (Å²) < 4.78 is 7.04. The maximum absolute atomic E-state index is 12.6. The van der Waals surface area contributed by atoms with Crippen LogP contribution in [0.5, 0.6) is 5.75 Å². The number of hydrogen-bond acceptors (Lipinski definition) is 3. The lowest BCUT2D eigenvalue weighted by atomic mass is 10.2. The number of nitrogens with zero attached hydrogens (tertiary/aromatic N) is 3. The van der Waals surface area contributed by atoms with Crippen molar-refractivity contribution in [2.24, 2.45) is 0 Å². The zero-order valence-electron chi connectivity index (χ0n) is 13.7. The number of carbonyl (C=O) groups is 1. The van der Waals surface area contributed by atoms with E-state index < -0.39 is 0 Å². The van der Waals surface area contributed by atoms with Crippen molar-refractivity contribution < 1.29 is 9.53 Å². The summed E-state index contributed by atoms with van der Waals surface area (Å²) >= 11 is 0. The van der Waals surface area contributed by atoms with E-state index in [1.807, 2.05) is 54.6 Å². The van der Waals surface area contributed by atoms with E-state index in [0.717, 1.165) is 17.0 Å². The minimum Gasteiger partial charge on any atom is -0.496 e. The van der Waals surface area contributed by atoms with Crippen LogP contribution in [0.3, 0.4) is 0 Å². The summed E-state index contributed by atoms with van der Waals surface area (Å²) in [4.78, 5) is 14.3. The van der Waals surface area contributed by atoms with Crippen LogP contribution < -0.4 is 4.74 Å². The first-order valence-corrected chi connectivity index (χ1v) is 7.66. The van der Waals surface area contributed by atoms with Crippen LogP contribution in [0.25, 0.3) is 5.69 Å². The van der Waals surface area contributed by atoms with Gasteiger partial charge in [0.1, 0.15) is 5.75 Å². The van der Waals surface area contributed by atoms with E-state index >= 15 is 0 Å². The number of benzene rings is 2. The van der Waals surface area contributed by atoms with Crippen LogP contribution in [0.15, 0.2) is 67.0 Å². The van der Waals surface area contributed by atoms with E-state index in [9.17, 15) is 4.79 Å². The smallest absolute Gasteiger partial charge is 0.257 e. The Morgan fingerprint density at radius 3 is 2.58 bits per heavy atom. The summed E-state index contributed by atoms with van der Waals surface area (Å²) in [6.45, 7) is 0.472.